The molecule has 0 unspecified atom stereocenters. The second kappa shape index (κ2) is 9.12. The first kappa shape index (κ1) is 18.8. The molecule has 1 heterocycles. The van der Waals surface area contributed by atoms with Crippen molar-refractivity contribution in [2.24, 2.45) is 0 Å². The zero-order valence-corrected chi connectivity index (χ0v) is 16.3. The van der Waals surface area contributed by atoms with Gasteiger partial charge in [-0.15, -0.1) is 16.8 Å². The van der Waals surface area contributed by atoms with Gasteiger partial charge in [0.15, 0.2) is 11.0 Å². The van der Waals surface area contributed by atoms with Crippen LogP contribution in [0.5, 0.6) is 5.75 Å². The van der Waals surface area contributed by atoms with E-state index in [1.165, 1.54) is 0 Å². The van der Waals surface area contributed by atoms with Gasteiger partial charge in [0.2, 0.25) is 0 Å². The quantitative estimate of drug-likeness (QED) is 0.358. The van der Waals surface area contributed by atoms with Crippen molar-refractivity contribution in [1.82, 2.24) is 14.8 Å². The largest absolute Gasteiger partial charge is 0.484 e. The van der Waals surface area contributed by atoms with Gasteiger partial charge in [-0.3, -0.25) is 4.57 Å². The second-order valence-electron chi connectivity index (χ2n) is 5.40. The van der Waals surface area contributed by atoms with E-state index in [1.54, 1.807) is 17.8 Å². The highest BCUT2D eigenvalue weighted by atomic mass is 35.5. The molecule has 1 aromatic heterocycles. The van der Waals surface area contributed by atoms with E-state index in [4.69, 9.17) is 27.9 Å². The molecule has 4 nitrogen and oxygen atoms in total. The molecular formula is C19H17Cl2N3OS. The molecule has 0 aliphatic heterocycles. The Bertz CT molecular complexity index is 831. The summed E-state index contributed by atoms with van der Waals surface area (Å²) in [6.45, 7) is 4.69. The van der Waals surface area contributed by atoms with Gasteiger partial charge in [-0.25, -0.2) is 0 Å². The zero-order chi connectivity index (χ0) is 18.4. The summed E-state index contributed by atoms with van der Waals surface area (Å²) in [6, 6.07) is 15.1. The lowest BCUT2D eigenvalue weighted by Gasteiger charge is -2.10. The molecule has 0 aliphatic carbocycles. The van der Waals surface area contributed by atoms with Gasteiger partial charge in [0.1, 0.15) is 12.4 Å². The maximum Gasteiger partial charge on any atom is 0.191 e. The van der Waals surface area contributed by atoms with Gasteiger partial charge in [-0.1, -0.05) is 71.4 Å². The van der Waals surface area contributed by atoms with Crippen LogP contribution >= 0.6 is 35.0 Å². The van der Waals surface area contributed by atoms with Crippen molar-refractivity contribution >= 4 is 35.0 Å². The molecule has 0 radical (unpaired) electrons. The van der Waals surface area contributed by atoms with Crippen molar-refractivity contribution in [2.75, 3.05) is 0 Å². The first-order chi connectivity index (χ1) is 12.7. The number of nitrogens with zero attached hydrogens (tertiary/aromatic N) is 3. The summed E-state index contributed by atoms with van der Waals surface area (Å²) in [5.41, 5.74) is 1.06. The Morgan fingerprint density at radius 2 is 1.77 bits per heavy atom. The van der Waals surface area contributed by atoms with Crippen molar-refractivity contribution in [3.05, 3.63) is 82.6 Å². The Hall–Kier alpha value is -1.95. The van der Waals surface area contributed by atoms with Crippen LogP contribution in [-0.4, -0.2) is 14.8 Å². The van der Waals surface area contributed by atoms with Gasteiger partial charge in [0.25, 0.3) is 0 Å². The molecule has 0 amide bonds. The number of hydrogen-bond acceptors (Lipinski definition) is 4. The molecule has 0 bridgehead atoms. The smallest absolute Gasteiger partial charge is 0.191 e. The number of hydrogen-bond donors (Lipinski definition) is 0. The first-order valence-corrected chi connectivity index (χ1v) is 9.69. The second-order valence-corrected chi connectivity index (χ2v) is 7.15. The monoisotopic (exact) mass is 405 g/mol. The van der Waals surface area contributed by atoms with Crippen molar-refractivity contribution in [3.63, 3.8) is 0 Å². The molecule has 0 saturated heterocycles. The minimum Gasteiger partial charge on any atom is -0.484 e. The van der Waals surface area contributed by atoms with Crippen molar-refractivity contribution in [2.45, 2.75) is 24.1 Å². The average molecular weight is 406 g/mol. The molecule has 0 N–H and O–H groups in total. The maximum absolute atomic E-state index is 6.22. The summed E-state index contributed by atoms with van der Waals surface area (Å²) in [7, 11) is 0. The summed E-state index contributed by atoms with van der Waals surface area (Å²) in [4.78, 5) is 0. The van der Waals surface area contributed by atoms with E-state index >= 15 is 0 Å². The van der Waals surface area contributed by atoms with Crippen LogP contribution in [-0.2, 0) is 18.9 Å². The van der Waals surface area contributed by atoms with Gasteiger partial charge in [0.05, 0.1) is 5.02 Å². The number of thioether (sulfide) groups is 1. The Morgan fingerprint density at radius 3 is 2.50 bits per heavy atom. The van der Waals surface area contributed by atoms with E-state index in [9.17, 15) is 0 Å². The molecule has 3 rings (SSSR count). The van der Waals surface area contributed by atoms with Crippen molar-refractivity contribution in [1.29, 1.82) is 0 Å². The highest BCUT2D eigenvalue weighted by molar-refractivity contribution is 7.98. The van der Waals surface area contributed by atoms with E-state index < -0.39 is 0 Å². The Kier molecular flexibility index (Phi) is 6.61. The number of benzene rings is 2. The number of aromatic nitrogens is 3. The van der Waals surface area contributed by atoms with Crippen LogP contribution in [0.2, 0.25) is 10.0 Å². The number of para-hydroxylation sites is 1. The van der Waals surface area contributed by atoms with E-state index in [2.05, 4.69) is 16.8 Å². The molecule has 0 atom stereocenters. The van der Waals surface area contributed by atoms with E-state index in [0.717, 1.165) is 15.7 Å². The van der Waals surface area contributed by atoms with Gasteiger partial charge in [0, 0.05) is 17.3 Å². The van der Waals surface area contributed by atoms with Crippen LogP contribution in [0.15, 0.2) is 66.3 Å². The normalized spacial score (nSPS) is 10.7. The molecule has 3 aromatic rings. The molecule has 26 heavy (non-hydrogen) atoms. The van der Waals surface area contributed by atoms with Gasteiger partial charge in [-0.2, -0.15) is 0 Å². The molecule has 0 saturated carbocycles. The zero-order valence-electron chi connectivity index (χ0n) is 13.9. The van der Waals surface area contributed by atoms with Gasteiger partial charge >= 0.3 is 0 Å². The number of allylic oxidation sites excluding steroid dienone is 1. The lowest BCUT2D eigenvalue weighted by molar-refractivity contribution is 0.289. The summed E-state index contributed by atoms with van der Waals surface area (Å²) >= 11 is 13.9. The van der Waals surface area contributed by atoms with Crippen molar-refractivity contribution < 1.29 is 4.74 Å². The molecule has 0 fully saturated rings. The SMILES string of the molecule is C=CCn1c(COc2ccccc2Cl)nnc1SCc1ccccc1Cl. The molecular weight excluding hydrogens is 389 g/mol. The third-order valence-corrected chi connectivity index (χ3v) is 5.31. The average Bonchev–Trinajstić information content (AvgIpc) is 3.03. The summed E-state index contributed by atoms with van der Waals surface area (Å²) in [5, 5.41) is 10.7. The Morgan fingerprint density at radius 1 is 1.04 bits per heavy atom. The highest BCUT2D eigenvalue weighted by Gasteiger charge is 2.13. The fraction of sp³-hybridized carbons (Fsp3) is 0.158. The van der Waals surface area contributed by atoms with E-state index in [-0.39, 0.29) is 6.61 Å². The highest BCUT2D eigenvalue weighted by Crippen LogP contribution is 2.27. The fourth-order valence-corrected chi connectivity index (χ4v) is 3.75. The van der Waals surface area contributed by atoms with Crippen LogP contribution in [0.4, 0.5) is 0 Å². The predicted octanol–water partition coefficient (Wildman–Crippen LogP) is 5.64. The Balaban J connectivity index is 1.72. The van der Waals surface area contributed by atoms with Crippen molar-refractivity contribution in [3.8, 4) is 5.75 Å². The predicted molar refractivity (Wildman–Crippen MR) is 107 cm³/mol. The number of halogens is 2. The maximum atomic E-state index is 6.22. The van der Waals surface area contributed by atoms with E-state index in [1.807, 2.05) is 53.1 Å². The Labute approximate surface area is 166 Å². The minimum absolute atomic E-state index is 0.275. The summed E-state index contributed by atoms with van der Waals surface area (Å²) < 4.78 is 7.76. The van der Waals surface area contributed by atoms with E-state index in [0.29, 0.717) is 28.9 Å². The van der Waals surface area contributed by atoms with Crippen LogP contribution in [0.3, 0.4) is 0 Å². The first-order valence-electron chi connectivity index (χ1n) is 7.95. The lowest BCUT2D eigenvalue weighted by Crippen LogP contribution is -2.07. The van der Waals surface area contributed by atoms with Gasteiger partial charge in [-0.05, 0) is 23.8 Å². The molecule has 134 valence electrons. The topological polar surface area (TPSA) is 39.9 Å². The number of ether oxygens (including phenoxy) is 1. The van der Waals surface area contributed by atoms with Crippen LogP contribution in [0.25, 0.3) is 0 Å². The third-order valence-electron chi connectivity index (χ3n) is 3.61. The fourth-order valence-electron chi connectivity index (χ4n) is 2.31. The molecule has 2 aromatic carbocycles. The molecule has 0 aliphatic rings. The van der Waals surface area contributed by atoms with Crippen LogP contribution in [0.1, 0.15) is 11.4 Å². The van der Waals surface area contributed by atoms with Crippen LogP contribution in [0, 0.1) is 0 Å². The molecule has 0 spiro atoms. The third kappa shape index (κ3) is 4.61. The summed E-state index contributed by atoms with van der Waals surface area (Å²) in [6.07, 6.45) is 1.81. The summed E-state index contributed by atoms with van der Waals surface area (Å²) in [5.74, 6) is 2.04. The van der Waals surface area contributed by atoms with Crippen LogP contribution < -0.4 is 4.74 Å². The molecule has 7 heteroatoms. The lowest BCUT2D eigenvalue weighted by atomic mass is 10.2. The minimum atomic E-state index is 0.275. The number of rotatable bonds is 8. The van der Waals surface area contributed by atoms with Gasteiger partial charge < -0.3 is 4.74 Å². The standard InChI is InChI=1S/C19H17Cl2N3OS/c1-2-11-24-18(12-25-17-10-6-5-9-16(17)21)22-23-19(24)26-13-14-7-3-4-8-15(14)20/h2-10H,1,11-13H2.